The number of halogens is 1. The molecule has 1 aromatic carbocycles. The number of amides is 3. The third-order valence-electron chi connectivity index (χ3n) is 4.54. The number of urea groups is 1. The Morgan fingerprint density at radius 3 is 2.37 bits per heavy atom. The van der Waals surface area contributed by atoms with Gasteiger partial charge in [0.2, 0.25) is 0 Å². The van der Waals surface area contributed by atoms with Gasteiger partial charge in [-0.2, -0.15) is 0 Å². The largest absolute Gasteiger partial charge is 0.455 e. The molecule has 8 heteroatoms. The summed E-state index contributed by atoms with van der Waals surface area (Å²) in [7, 11) is 0. The molecule has 0 spiro atoms. The molecule has 1 saturated heterocycles. The maximum Gasteiger partial charge on any atom is 0.312 e. The molecule has 3 atom stereocenters. The highest BCUT2D eigenvalue weighted by atomic mass is 35.5. The Kier molecular flexibility index (Phi) is 7.47. The zero-order chi connectivity index (χ0) is 20.0. The van der Waals surface area contributed by atoms with Crippen molar-refractivity contribution in [2.45, 2.75) is 32.7 Å². The van der Waals surface area contributed by atoms with Crippen molar-refractivity contribution in [1.82, 2.24) is 10.2 Å². The number of hydrogen-bond acceptors (Lipinski definition) is 4. The molecule has 0 aliphatic carbocycles. The number of ether oxygens (including phenoxy) is 1. The van der Waals surface area contributed by atoms with Crippen LogP contribution < -0.4 is 11.1 Å². The number of nitrogens with zero attached hydrogens (tertiary/aromatic N) is 1. The maximum absolute atomic E-state index is 12.3. The molecule has 0 aromatic heterocycles. The molecular weight excluding hydrogens is 370 g/mol. The molecule has 1 aliphatic rings. The van der Waals surface area contributed by atoms with Crippen LogP contribution in [0.4, 0.5) is 4.79 Å². The number of rotatable bonds is 6. The highest BCUT2D eigenvalue weighted by molar-refractivity contribution is 6.30. The Morgan fingerprint density at radius 2 is 1.81 bits per heavy atom. The minimum Gasteiger partial charge on any atom is -0.455 e. The van der Waals surface area contributed by atoms with Crippen LogP contribution in [-0.2, 0) is 14.3 Å². The van der Waals surface area contributed by atoms with Crippen LogP contribution in [0.1, 0.15) is 38.3 Å². The predicted molar refractivity (Wildman–Crippen MR) is 102 cm³/mol. The Morgan fingerprint density at radius 1 is 1.22 bits per heavy atom. The number of likely N-dealkylation sites (tertiary alicyclic amines) is 1. The summed E-state index contributed by atoms with van der Waals surface area (Å²) in [6.45, 7) is 5.26. The predicted octanol–water partition coefficient (Wildman–Crippen LogP) is 2.49. The molecule has 0 unspecified atom stereocenters. The molecule has 1 fully saturated rings. The van der Waals surface area contributed by atoms with E-state index in [1.165, 1.54) is 0 Å². The highest BCUT2D eigenvalue weighted by Crippen LogP contribution is 2.22. The zero-order valence-corrected chi connectivity index (χ0v) is 16.4. The Balaban J connectivity index is 1.90. The second-order valence-corrected chi connectivity index (χ2v) is 7.66. The van der Waals surface area contributed by atoms with Crippen LogP contribution in [0.2, 0.25) is 5.02 Å². The van der Waals surface area contributed by atoms with E-state index in [0.29, 0.717) is 35.5 Å². The maximum atomic E-state index is 12.3. The van der Waals surface area contributed by atoms with Crippen molar-refractivity contribution in [3.8, 4) is 0 Å². The first-order chi connectivity index (χ1) is 12.7. The van der Waals surface area contributed by atoms with Crippen LogP contribution in [0, 0.1) is 11.8 Å². The third-order valence-corrected chi connectivity index (χ3v) is 4.79. The number of carbonyl (C=O) groups excluding carboxylic acids is 3. The number of piperidine rings is 1. The average molecular weight is 396 g/mol. The van der Waals surface area contributed by atoms with E-state index in [2.05, 4.69) is 19.2 Å². The van der Waals surface area contributed by atoms with Gasteiger partial charge >= 0.3 is 12.0 Å². The molecule has 1 aliphatic heterocycles. The van der Waals surface area contributed by atoms with Gasteiger partial charge in [-0.1, -0.05) is 37.6 Å². The van der Waals surface area contributed by atoms with E-state index < -0.39 is 18.0 Å². The number of nitrogens with two attached hydrogens (primary N) is 1. The van der Waals surface area contributed by atoms with E-state index in [0.717, 1.165) is 6.42 Å². The van der Waals surface area contributed by atoms with Crippen molar-refractivity contribution >= 4 is 29.5 Å². The summed E-state index contributed by atoms with van der Waals surface area (Å²) >= 11 is 5.86. The molecule has 0 bridgehead atoms. The van der Waals surface area contributed by atoms with Crippen LogP contribution in [0.5, 0.6) is 0 Å². The number of benzene rings is 1. The molecule has 3 amide bonds. The minimum atomic E-state index is -0.755. The van der Waals surface area contributed by atoms with Gasteiger partial charge in [0.05, 0.1) is 12.5 Å². The van der Waals surface area contributed by atoms with Gasteiger partial charge in [0, 0.05) is 18.1 Å². The third kappa shape index (κ3) is 6.75. The summed E-state index contributed by atoms with van der Waals surface area (Å²) in [5.41, 5.74) is 5.86. The molecule has 2 rings (SSSR count). The van der Waals surface area contributed by atoms with E-state index in [4.69, 9.17) is 22.1 Å². The monoisotopic (exact) mass is 395 g/mol. The van der Waals surface area contributed by atoms with Gasteiger partial charge in [-0.3, -0.25) is 9.59 Å². The number of hydrogen-bond donors (Lipinski definition) is 2. The van der Waals surface area contributed by atoms with Crippen molar-refractivity contribution in [3.05, 3.63) is 34.9 Å². The van der Waals surface area contributed by atoms with E-state index in [9.17, 15) is 14.4 Å². The van der Waals surface area contributed by atoms with Gasteiger partial charge in [0.25, 0.3) is 5.91 Å². The first-order valence-electron chi connectivity index (χ1n) is 8.99. The second-order valence-electron chi connectivity index (χ2n) is 7.22. The van der Waals surface area contributed by atoms with Crippen LogP contribution in [0.25, 0.3) is 0 Å². The van der Waals surface area contributed by atoms with Gasteiger partial charge < -0.3 is 20.7 Å². The summed E-state index contributed by atoms with van der Waals surface area (Å²) in [6.07, 6.45) is 0.954. The SMILES string of the molecule is C[C@@H]1C[C@@H](C)CN(C(=O)COC(=O)C[C@H](NC(N)=O)c2ccc(Cl)cc2)C1. The van der Waals surface area contributed by atoms with Gasteiger partial charge in [-0.25, -0.2) is 4.79 Å². The molecule has 7 nitrogen and oxygen atoms in total. The summed E-state index contributed by atoms with van der Waals surface area (Å²) in [4.78, 5) is 37.5. The van der Waals surface area contributed by atoms with Crippen LogP contribution in [0.3, 0.4) is 0 Å². The molecule has 1 aromatic rings. The van der Waals surface area contributed by atoms with Gasteiger partial charge in [0.1, 0.15) is 0 Å². The molecular formula is C19H26ClN3O4. The topological polar surface area (TPSA) is 102 Å². The van der Waals surface area contributed by atoms with Crippen molar-refractivity contribution in [3.63, 3.8) is 0 Å². The molecule has 3 N–H and O–H groups in total. The van der Waals surface area contributed by atoms with Crippen molar-refractivity contribution in [2.24, 2.45) is 17.6 Å². The quantitative estimate of drug-likeness (QED) is 0.722. The highest BCUT2D eigenvalue weighted by Gasteiger charge is 2.26. The molecule has 0 radical (unpaired) electrons. The van der Waals surface area contributed by atoms with Crippen LogP contribution in [-0.4, -0.2) is 42.5 Å². The standard InChI is InChI=1S/C19H26ClN3O4/c1-12-7-13(2)10-23(9-12)17(24)11-27-18(25)8-16(22-19(21)26)14-3-5-15(20)6-4-14/h3-6,12-13,16H,7-11H2,1-2H3,(H3,21,22,26)/t12-,13-,16+/m1/s1. The lowest BCUT2D eigenvalue weighted by atomic mass is 9.92. The fraction of sp³-hybridized carbons (Fsp3) is 0.526. The lowest BCUT2D eigenvalue weighted by molar-refractivity contribution is -0.153. The zero-order valence-electron chi connectivity index (χ0n) is 15.6. The van der Waals surface area contributed by atoms with Crippen LogP contribution >= 0.6 is 11.6 Å². The number of esters is 1. The smallest absolute Gasteiger partial charge is 0.312 e. The fourth-order valence-electron chi connectivity index (χ4n) is 3.44. The second kappa shape index (κ2) is 9.60. The van der Waals surface area contributed by atoms with E-state index in [-0.39, 0.29) is 18.9 Å². The van der Waals surface area contributed by atoms with E-state index in [1.54, 1.807) is 29.2 Å². The lowest BCUT2D eigenvalue weighted by Gasteiger charge is -2.34. The Bertz CT molecular complexity index is 670. The Hall–Kier alpha value is -2.28. The summed E-state index contributed by atoms with van der Waals surface area (Å²) in [6, 6.07) is 5.28. The number of nitrogens with one attached hydrogen (secondary N) is 1. The van der Waals surface area contributed by atoms with Gasteiger partial charge in [-0.15, -0.1) is 0 Å². The molecule has 27 heavy (non-hydrogen) atoms. The summed E-state index contributed by atoms with van der Waals surface area (Å²) in [5.74, 6) is 0.0766. The molecule has 1 heterocycles. The molecule has 0 saturated carbocycles. The first-order valence-corrected chi connectivity index (χ1v) is 9.37. The van der Waals surface area contributed by atoms with E-state index in [1.807, 2.05) is 0 Å². The fourth-order valence-corrected chi connectivity index (χ4v) is 3.57. The lowest BCUT2D eigenvalue weighted by Crippen LogP contribution is -2.44. The van der Waals surface area contributed by atoms with Gasteiger partial charge in [0.15, 0.2) is 6.61 Å². The van der Waals surface area contributed by atoms with E-state index >= 15 is 0 Å². The number of carbonyl (C=O) groups is 3. The van der Waals surface area contributed by atoms with Crippen molar-refractivity contribution in [1.29, 1.82) is 0 Å². The van der Waals surface area contributed by atoms with Crippen molar-refractivity contribution in [2.75, 3.05) is 19.7 Å². The minimum absolute atomic E-state index is 0.134. The first kappa shape index (κ1) is 21.0. The van der Waals surface area contributed by atoms with Gasteiger partial charge in [-0.05, 0) is 36.0 Å². The number of primary amides is 1. The molecule has 148 valence electrons. The van der Waals surface area contributed by atoms with Crippen LogP contribution in [0.15, 0.2) is 24.3 Å². The average Bonchev–Trinajstić information content (AvgIpc) is 2.58. The summed E-state index contributed by atoms with van der Waals surface area (Å²) in [5, 5.41) is 3.05. The Labute approximate surface area is 164 Å². The summed E-state index contributed by atoms with van der Waals surface area (Å²) < 4.78 is 5.14. The normalized spacial score (nSPS) is 20.6. The van der Waals surface area contributed by atoms with Crippen molar-refractivity contribution < 1.29 is 19.1 Å².